The molecule has 0 unspecified atom stereocenters. The zero-order valence-electron chi connectivity index (χ0n) is 10.6. The number of ether oxygens (including phenoxy) is 1. The largest absolute Gasteiger partial charge is 0.394 e. The number of rotatable bonds is 2. The number of aliphatic hydroxyl groups excluding tert-OH is 4. The van der Waals surface area contributed by atoms with E-state index in [0.29, 0.717) is 13.0 Å². The van der Waals surface area contributed by atoms with Crippen LogP contribution in [0.4, 0.5) is 0 Å². The van der Waals surface area contributed by atoms with Crippen LogP contribution in [0.25, 0.3) is 0 Å². The summed E-state index contributed by atoms with van der Waals surface area (Å²) in [5, 5.41) is 38.3. The number of likely N-dealkylation sites (tertiary alicyclic amines) is 1. The highest BCUT2D eigenvalue weighted by Gasteiger charge is 2.44. The Morgan fingerprint density at radius 1 is 1.35 bits per heavy atom. The second-order valence-electron chi connectivity index (χ2n) is 4.73. The van der Waals surface area contributed by atoms with E-state index in [-0.39, 0.29) is 10.2 Å². The van der Waals surface area contributed by atoms with Crippen LogP contribution in [-0.4, -0.2) is 78.6 Å². The lowest BCUT2D eigenvalue weighted by Gasteiger charge is -2.39. The van der Waals surface area contributed by atoms with Crippen LogP contribution in [0, 0.1) is 0 Å². The number of hydrogen-bond donors (Lipinski definition) is 4. The van der Waals surface area contributed by atoms with Crippen LogP contribution in [-0.2, 0) is 9.53 Å². The first-order valence-corrected chi connectivity index (χ1v) is 7.56. The van der Waals surface area contributed by atoms with Gasteiger partial charge < -0.3 is 25.2 Å². The lowest BCUT2D eigenvalue weighted by atomic mass is 10.0. The van der Waals surface area contributed by atoms with Gasteiger partial charge in [-0.1, -0.05) is 24.0 Å². The van der Waals surface area contributed by atoms with Crippen molar-refractivity contribution in [2.45, 2.75) is 42.7 Å². The number of carbonyl (C=O) groups excluding carboxylic acids is 1. The van der Waals surface area contributed by atoms with Crippen molar-refractivity contribution in [3.05, 3.63) is 0 Å². The van der Waals surface area contributed by atoms with Gasteiger partial charge in [0, 0.05) is 13.0 Å². The number of amides is 1. The number of nitrogens with zero attached hydrogens (tertiary/aromatic N) is 1. The molecule has 2 saturated heterocycles. The minimum Gasteiger partial charge on any atom is -0.394 e. The number of aliphatic hydroxyl groups is 4. The van der Waals surface area contributed by atoms with E-state index in [1.165, 1.54) is 4.90 Å². The normalized spacial score (nSPS) is 38.3. The third-order valence-electron chi connectivity index (χ3n) is 3.36. The maximum atomic E-state index is 11.6. The summed E-state index contributed by atoms with van der Waals surface area (Å²) < 4.78 is 5.58. The molecule has 2 aliphatic heterocycles. The molecule has 5 atom stereocenters. The second kappa shape index (κ2) is 6.65. The molecule has 1 amide bonds. The van der Waals surface area contributed by atoms with E-state index >= 15 is 0 Å². The Balaban J connectivity index is 2.00. The smallest absolute Gasteiger partial charge is 0.228 e. The van der Waals surface area contributed by atoms with Gasteiger partial charge in [0.2, 0.25) is 5.91 Å². The summed E-state index contributed by atoms with van der Waals surface area (Å²) in [6.07, 6.45) is -3.98. The Morgan fingerprint density at radius 2 is 2.05 bits per heavy atom. The molecule has 2 rings (SSSR count). The van der Waals surface area contributed by atoms with E-state index in [4.69, 9.17) is 22.1 Å². The topological polar surface area (TPSA) is 110 Å². The first-order valence-electron chi connectivity index (χ1n) is 6.27. The van der Waals surface area contributed by atoms with Crippen LogP contribution < -0.4 is 0 Å². The summed E-state index contributed by atoms with van der Waals surface area (Å²) in [5.41, 5.74) is -0.938. The van der Waals surface area contributed by atoms with Gasteiger partial charge in [0.05, 0.1) is 6.61 Å². The van der Waals surface area contributed by atoms with Crippen molar-refractivity contribution in [1.82, 2.24) is 4.90 Å². The second-order valence-corrected chi connectivity index (χ2v) is 6.46. The van der Waals surface area contributed by atoms with E-state index in [1.807, 2.05) is 0 Å². The van der Waals surface area contributed by atoms with Gasteiger partial charge in [0.25, 0.3) is 0 Å². The molecule has 4 N–H and O–H groups in total. The molecule has 114 valence electrons. The number of thiocarbonyl (C=S) groups is 1. The van der Waals surface area contributed by atoms with Crippen molar-refractivity contribution in [3.8, 4) is 0 Å². The standard InChI is InChI=1S/C11H17NO6S2/c13-4-5-7(15)8(16)9(17)10(18-5)20-11(19)12-3-1-2-6(12)14/h5,7-10,13,15-17H,1-4H2/t5-,7-,8+,9-,10+/m1/s1. The first-order chi connectivity index (χ1) is 9.45. The number of thioether (sulfide) groups is 1. The average Bonchev–Trinajstić information content (AvgIpc) is 2.85. The van der Waals surface area contributed by atoms with E-state index in [2.05, 4.69) is 0 Å². The van der Waals surface area contributed by atoms with Crippen LogP contribution in [0.5, 0.6) is 0 Å². The molecule has 0 aromatic heterocycles. The summed E-state index contributed by atoms with van der Waals surface area (Å²) >= 11 is 6.07. The maximum Gasteiger partial charge on any atom is 0.228 e. The quantitative estimate of drug-likeness (QED) is 0.451. The molecule has 7 nitrogen and oxygen atoms in total. The molecule has 0 bridgehead atoms. The van der Waals surface area contributed by atoms with Crippen molar-refractivity contribution < 1.29 is 30.0 Å². The van der Waals surface area contributed by atoms with Crippen LogP contribution in [0.2, 0.25) is 0 Å². The Kier molecular flexibility index (Phi) is 5.35. The molecule has 20 heavy (non-hydrogen) atoms. The number of hydrogen-bond acceptors (Lipinski definition) is 8. The van der Waals surface area contributed by atoms with Crippen molar-refractivity contribution in [2.24, 2.45) is 0 Å². The minimum absolute atomic E-state index is 0.0768. The SMILES string of the molecule is O=C1CCCN1C(=S)S[C@@H]1O[C@H](CO)[C@@H](O)[C@H](O)[C@H]1O. The number of carbonyl (C=O) groups is 1. The average molecular weight is 323 g/mol. The highest BCUT2D eigenvalue weighted by molar-refractivity contribution is 8.23. The van der Waals surface area contributed by atoms with E-state index < -0.39 is 36.5 Å². The molecule has 0 saturated carbocycles. The molecule has 9 heteroatoms. The monoisotopic (exact) mass is 323 g/mol. The summed E-state index contributed by atoms with van der Waals surface area (Å²) in [7, 11) is 0. The van der Waals surface area contributed by atoms with Crippen molar-refractivity contribution in [3.63, 3.8) is 0 Å². The van der Waals surface area contributed by atoms with Crippen LogP contribution in [0.3, 0.4) is 0 Å². The fraction of sp³-hybridized carbons (Fsp3) is 0.818. The summed E-state index contributed by atoms with van der Waals surface area (Å²) in [6.45, 7) is 0.0412. The Hall–Kier alpha value is -0.290. The fourth-order valence-corrected chi connectivity index (χ4v) is 3.66. The molecule has 0 aromatic carbocycles. The molecule has 0 radical (unpaired) electrons. The lowest BCUT2D eigenvalue weighted by Crippen LogP contribution is -2.58. The first kappa shape index (κ1) is 16.1. The Morgan fingerprint density at radius 3 is 2.60 bits per heavy atom. The summed E-state index contributed by atoms with van der Waals surface area (Å²) in [6, 6.07) is 0. The van der Waals surface area contributed by atoms with Crippen LogP contribution >= 0.6 is 24.0 Å². The fourth-order valence-electron chi connectivity index (χ4n) is 2.17. The van der Waals surface area contributed by atoms with Gasteiger partial charge in [-0.3, -0.25) is 9.69 Å². The van der Waals surface area contributed by atoms with Crippen molar-refractivity contribution >= 4 is 34.2 Å². The third-order valence-corrected chi connectivity index (χ3v) is 4.91. The van der Waals surface area contributed by atoms with E-state index in [0.717, 1.165) is 18.2 Å². The lowest BCUT2D eigenvalue weighted by molar-refractivity contribution is -0.205. The predicted octanol–water partition coefficient (Wildman–Crippen LogP) is -1.57. The van der Waals surface area contributed by atoms with E-state index in [9.17, 15) is 20.1 Å². The molecule has 0 aromatic rings. The summed E-state index contributed by atoms with van der Waals surface area (Å²) in [5.74, 6) is -0.0768. The van der Waals surface area contributed by atoms with Gasteiger partial charge in [-0.2, -0.15) is 0 Å². The molecule has 2 aliphatic rings. The third kappa shape index (κ3) is 3.14. The molecular weight excluding hydrogens is 306 g/mol. The zero-order valence-corrected chi connectivity index (χ0v) is 12.2. The van der Waals surface area contributed by atoms with E-state index in [1.54, 1.807) is 0 Å². The maximum absolute atomic E-state index is 11.6. The van der Waals surface area contributed by atoms with Crippen molar-refractivity contribution in [1.29, 1.82) is 0 Å². The molecular formula is C11H17NO6S2. The molecule has 2 fully saturated rings. The molecule has 0 aliphatic carbocycles. The van der Waals surface area contributed by atoms with Crippen LogP contribution in [0.1, 0.15) is 12.8 Å². The van der Waals surface area contributed by atoms with Gasteiger partial charge in [-0.05, 0) is 6.42 Å². The summed E-state index contributed by atoms with van der Waals surface area (Å²) in [4.78, 5) is 13.0. The van der Waals surface area contributed by atoms with Gasteiger partial charge in [0.1, 0.15) is 34.2 Å². The molecule has 2 heterocycles. The van der Waals surface area contributed by atoms with Crippen molar-refractivity contribution in [2.75, 3.05) is 13.2 Å². The van der Waals surface area contributed by atoms with Gasteiger partial charge in [-0.15, -0.1) is 0 Å². The van der Waals surface area contributed by atoms with Crippen LogP contribution in [0.15, 0.2) is 0 Å². The highest BCUT2D eigenvalue weighted by atomic mass is 32.2. The minimum atomic E-state index is -1.43. The predicted molar refractivity (Wildman–Crippen MR) is 74.9 cm³/mol. The van der Waals surface area contributed by atoms with Gasteiger partial charge in [-0.25, -0.2) is 0 Å². The van der Waals surface area contributed by atoms with Gasteiger partial charge in [0.15, 0.2) is 0 Å². The zero-order chi connectivity index (χ0) is 14.9. The Bertz CT molecular complexity index is 393. The van der Waals surface area contributed by atoms with Gasteiger partial charge >= 0.3 is 0 Å². The molecule has 0 spiro atoms. The Labute approximate surface area is 125 Å². The highest BCUT2D eigenvalue weighted by Crippen LogP contribution is 2.31.